The van der Waals surface area contributed by atoms with Crippen LogP contribution in [0.4, 0.5) is 5.69 Å². The van der Waals surface area contributed by atoms with Crippen LogP contribution >= 0.6 is 11.3 Å². The number of nitrogens with zero attached hydrogens (tertiary/aromatic N) is 4. The van der Waals surface area contributed by atoms with Crippen LogP contribution in [0.15, 0.2) is 52.1 Å². The molecule has 2 heterocycles. The minimum absolute atomic E-state index is 0.0870. The molecule has 0 atom stereocenters. The van der Waals surface area contributed by atoms with Crippen molar-refractivity contribution >= 4 is 33.0 Å². The topological polar surface area (TPSA) is 84.7 Å². The van der Waals surface area contributed by atoms with Gasteiger partial charge in [0.1, 0.15) is 4.21 Å². The number of piperazine rings is 1. The monoisotopic (exact) mass is 418 g/mol. The van der Waals surface area contributed by atoms with Crippen molar-refractivity contribution in [3.63, 3.8) is 0 Å². The fraction of sp³-hybridized carbons (Fsp3) is 0.368. The largest absolute Gasteiger partial charge is 0.310 e. The highest BCUT2D eigenvalue weighted by Gasteiger charge is 2.30. The van der Waals surface area contributed by atoms with Gasteiger partial charge in [-0.1, -0.05) is 24.3 Å². The van der Waals surface area contributed by atoms with Gasteiger partial charge in [0, 0.05) is 38.4 Å². The predicted octanol–water partition coefficient (Wildman–Crippen LogP) is 2.00. The molecule has 148 valence electrons. The van der Waals surface area contributed by atoms with Crippen molar-refractivity contribution < 1.29 is 13.2 Å². The molecule has 0 aliphatic carbocycles. The van der Waals surface area contributed by atoms with Crippen molar-refractivity contribution in [2.24, 2.45) is 0 Å². The van der Waals surface area contributed by atoms with Crippen LogP contribution in [0.5, 0.6) is 0 Å². The Labute approximate surface area is 169 Å². The number of para-hydroxylation sites is 1. The van der Waals surface area contributed by atoms with E-state index in [-0.39, 0.29) is 18.9 Å². The summed E-state index contributed by atoms with van der Waals surface area (Å²) < 4.78 is 27.0. The number of thiophene rings is 1. The molecule has 1 aliphatic heterocycles. The van der Waals surface area contributed by atoms with Gasteiger partial charge in [-0.25, -0.2) is 8.42 Å². The van der Waals surface area contributed by atoms with Gasteiger partial charge in [0.25, 0.3) is 10.0 Å². The molecule has 9 heteroatoms. The van der Waals surface area contributed by atoms with E-state index in [2.05, 4.69) is 6.07 Å². The van der Waals surface area contributed by atoms with Crippen molar-refractivity contribution in [3.05, 3.63) is 47.8 Å². The van der Waals surface area contributed by atoms with Crippen LogP contribution in [0, 0.1) is 11.3 Å². The normalized spacial score (nSPS) is 15.8. The fourth-order valence-electron chi connectivity index (χ4n) is 3.11. The smallest absolute Gasteiger partial charge is 0.252 e. The third kappa shape index (κ3) is 4.77. The lowest BCUT2D eigenvalue weighted by Gasteiger charge is -2.34. The number of amides is 1. The predicted molar refractivity (Wildman–Crippen MR) is 109 cm³/mol. The highest BCUT2D eigenvalue weighted by molar-refractivity contribution is 7.91. The van der Waals surface area contributed by atoms with Gasteiger partial charge in [-0.3, -0.25) is 9.69 Å². The molecule has 1 fully saturated rings. The number of sulfonamides is 1. The summed E-state index contributed by atoms with van der Waals surface area (Å²) in [5, 5.41) is 10.6. The maximum absolute atomic E-state index is 12.8. The van der Waals surface area contributed by atoms with Crippen LogP contribution in [-0.4, -0.2) is 62.8 Å². The zero-order valence-corrected chi connectivity index (χ0v) is 17.0. The highest BCUT2D eigenvalue weighted by atomic mass is 32.2. The van der Waals surface area contributed by atoms with Gasteiger partial charge in [-0.15, -0.1) is 11.3 Å². The molecular weight excluding hydrogens is 396 g/mol. The van der Waals surface area contributed by atoms with Crippen LogP contribution in [0.2, 0.25) is 0 Å². The third-order valence-corrected chi connectivity index (χ3v) is 7.87. The summed E-state index contributed by atoms with van der Waals surface area (Å²) in [7, 11) is -3.45. The first-order chi connectivity index (χ1) is 13.5. The van der Waals surface area contributed by atoms with Crippen molar-refractivity contribution in [1.82, 2.24) is 9.21 Å². The summed E-state index contributed by atoms with van der Waals surface area (Å²) in [5.41, 5.74) is 0.765. The molecule has 0 spiro atoms. The summed E-state index contributed by atoms with van der Waals surface area (Å²) >= 11 is 1.21. The molecule has 1 amide bonds. The zero-order chi connectivity index (χ0) is 20.0. The summed E-state index contributed by atoms with van der Waals surface area (Å²) in [6.07, 6.45) is 0.257. The maximum atomic E-state index is 12.8. The Kier molecular flexibility index (Phi) is 6.80. The van der Waals surface area contributed by atoms with Crippen LogP contribution in [0.25, 0.3) is 0 Å². The Bertz CT molecular complexity index is 916. The molecule has 0 radical (unpaired) electrons. The fourth-order valence-corrected chi connectivity index (χ4v) is 5.68. The first-order valence-corrected chi connectivity index (χ1v) is 11.3. The van der Waals surface area contributed by atoms with E-state index in [4.69, 9.17) is 5.26 Å². The standard InChI is InChI=1S/C19H22N4O3S2/c20-9-5-10-23(17-6-2-1-3-7-17)18(24)16-21-11-13-22(14-12-21)28(25,26)19-8-4-15-27-19/h1-4,6-8,15H,5,10-14,16H2. The van der Waals surface area contributed by atoms with E-state index in [0.29, 0.717) is 36.9 Å². The Morgan fingerprint density at radius 1 is 1.11 bits per heavy atom. The molecule has 28 heavy (non-hydrogen) atoms. The Morgan fingerprint density at radius 2 is 1.82 bits per heavy atom. The molecule has 1 aromatic carbocycles. The van der Waals surface area contributed by atoms with E-state index in [1.165, 1.54) is 15.6 Å². The number of hydrogen-bond acceptors (Lipinski definition) is 6. The molecule has 0 N–H and O–H groups in total. The Hall–Kier alpha value is -2.25. The van der Waals surface area contributed by atoms with E-state index >= 15 is 0 Å². The molecule has 7 nitrogen and oxygen atoms in total. The number of rotatable bonds is 7. The first-order valence-electron chi connectivity index (χ1n) is 9.01. The first kappa shape index (κ1) is 20.5. The zero-order valence-electron chi connectivity index (χ0n) is 15.4. The lowest BCUT2D eigenvalue weighted by molar-refractivity contribution is -0.120. The lowest BCUT2D eigenvalue weighted by atomic mass is 10.2. The van der Waals surface area contributed by atoms with Gasteiger partial charge >= 0.3 is 0 Å². The van der Waals surface area contributed by atoms with Crippen molar-refractivity contribution in [2.75, 3.05) is 44.2 Å². The SMILES string of the molecule is N#CCCN(C(=O)CN1CCN(S(=O)(=O)c2cccs2)CC1)c1ccccc1. The third-order valence-electron chi connectivity index (χ3n) is 4.60. The van der Waals surface area contributed by atoms with Crippen molar-refractivity contribution in [2.45, 2.75) is 10.6 Å². The Balaban J connectivity index is 1.60. The molecular formula is C19H22N4O3S2. The quantitative estimate of drug-likeness (QED) is 0.687. The lowest BCUT2D eigenvalue weighted by Crippen LogP contribution is -2.51. The second-order valence-electron chi connectivity index (χ2n) is 6.40. The van der Waals surface area contributed by atoms with E-state index in [1.54, 1.807) is 22.4 Å². The molecule has 1 aliphatic rings. The molecule has 2 aromatic rings. The van der Waals surface area contributed by atoms with Crippen molar-refractivity contribution in [3.8, 4) is 6.07 Å². The highest BCUT2D eigenvalue weighted by Crippen LogP contribution is 2.22. The average Bonchev–Trinajstić information content (AvgIpc) is 3.25. The van der Waals surface area contributed by atoms with E-state index in [9.17, 15) is 13.2 Å². The van der Waals surface area contributed by atoms with Gasteiger partial charge < -0.3 is 4.90 Å². The van der Waals surface area contributed by atoms with Gasteiger partial charge in [0.15, 0.2) is 0 Å². The van der Waals surface area contributed by atoms with Crippen LogP contribution in [0.3, 0.4) is 0 Å². The molecule has 0 saturated carbocycles. The van der Waals surface area contributed by atoms with E-state index < -0.39 is 10.0 Å². The summed E-state index contributed by atoms with van der Waals surface area (Å²) in [4.78, 5) is 16.4. The summed E-state index contributed by atoms with van der Waals surface area (Å²) in [6, 6.07) is 14.7. The van der Waals surface area contributed by atoms with E-state index in [0.717, 1.165) is 5.69 Å². The van der Waals surface area contributed by atoms with Gasteiger partial charge in [-0.2, -0.15) is 9.57 Å². The minimum Gasteiger partial charge on any atom is -0.310 e. The maximum Gasteiger partial charge on any atom is 0.252 e. The molecule has 3 rings (SSSR count). The van der Waals surface area contributed by atoms with Gasteiger partial charge in [0.2, 0.25) is 5.91 Å². The number of carbonyl (C=O) groups is 1. The average molecular weight is 419 g/mol. The van der Waals surface area contributed by atoms with Gasteiger partial charge in [-0.05, 0) is 23.6 Å². The minimum atomic E-state index is -3.45. The number of nitriles is 1. The molecule has 1 saturated heterocycles. The number of anilines is 1. The molecule has 1 aromatic heterocycles. The van der Waals surface area contributed by atoms with Crippen LogP contribution in [0.1, 0.15) is 6.42 Å². The number of benzene rings is 1. The number of carbonyl (C=O) groups excluding carboxylic acids is 1. The van der Waals surface area contributed by atoms with E-state index in [1.807, 2.05) is 35.2 Å². The van der Waals surface area contributed by atoms with Crippen molar-refractivity contribution in [1.29, 1.82) is 5.26 Å². The Morgan fingerprint density at radius 3 is 2.43 bits per heavy atom. The molecule has 0 unspecified atom stereocenters. The van der Waals surface area contributed by atoms with Gasteiger partial charge in [0.05, 0.1) is 19.0 Å². The summed E-state index contributed by atoms with van der Waals surface area (Å²) in [5.74, 6) is -0.0870. The van der Waals surface area contributed by atoms with Crippen LogP contribution in [-0.2, 0) is 14.8 Å². The second-order valence-corrected chi connectivity index (χ2v) is 9.51. The molecule has 0 bridgehead atoms. The summed E-state index contributed by atoms with van der Waals surface area (Å²) in [6.45, 7) is 2.25. The number of hydrogen-bond donors (Lipinski definition) is 0. The van der Waals surface area contributed by atoms with Crippen LogP contribution < -0.4 is 4.90 Å². The second kappa shape index (κ2) is 9.30.